The molecule has 0 radical (unpaired) electrons. The van der Waals surface area contributed by atoms with E-state index < -0.39 is 0 Å². The molecule has 1 aromatic carbocycles. The van der Waals surface area contributed by atoms with Gasteiger partial charge in [0.1, 0.15) is 5.76 Å². The standard InChI is InChI=1S/C16H14N4O3S/c1-9-7-13(20-23-9)15(22)19-16-18-14(8-24-16)11-3-5-12(6-4-11)17-10(2)21/h3-8H,1-2H3,(H,17,21)(H,18,19,22). The zero-order valence-electron chi connectivity index (χ0n) is 13.0. The number of hydrogen-bond donors (Lipinski definition) is 2. The van der Waals surface area contributed by atoms with Crippen LogP contribution in [0, 0.1) is 6.92 Å². The lowest BCUT2D eigenvalue weighted by atomic mass is 10.1. The highest BCUT2D eigenvalue weighted by atomic mass is 32.1. The Morgan fingerprint density at radius 3 is 2.54 bits per heavy atom. The van der Waals surface area contributed by atoms with Crippen molar-refractivity contribution in [2.45, 2.75) is 13.8 Å². The normalized spacial score (nSPS) is 10.4. The van der Waals surface area contributed by atoms with Crippen molar-refractivity contribution in [2.75, 3.05) is 10.6 Å². The number of aromatic nitrogens is 2. The molecular weight excluding hydrogens is 328 g/mol. The summed E-state index contributed by atoms with van der Waals surface area (Å²) >= 11 is 1.32. The first kappa shape index (κ1) is 15.9. The van der Waals surface area contributed by atoms with Gasteiger partial charge in [-0.1, -0.05) is 17.3 Å². The predicted octanol–water partition coefficient (Wildman–Crippen LogP) is 3.32. The molecule has 0 aliphatic carbocycles. The van der Waals surface area contributed by atoms with E-state index in [9.17, 15) is 9.59 Å². The Morgan fingerprint density at radius 1 is 1.17 bits per heavy atom. The molecule has 0 atom stereocenters. The molecule has 0 unspecified atom stereocenters. The van der Waals surface area contributed by atoms with Crippen LogP contribution in [0.5, 0.6) is 0 Å². The van der Waals surface area contributed by atoms with Crippen molar-refractivity contribution in [2.24, 2.45) is 0 Å². The second-order valence-electron chi connectivity index (χ2n) is 5.07. The molecule has 0 aliphatic heterocycles. The third-order valence-corrected chi connectivity index (χ3v) is 3.84. The first-order chi connectivity index (χ1) is 11.5. The Kier molecular flexibility index (Phi) is 4.39. The van der Waals surface area contributed by atoms with Crippen molar-refractivity contribution in [3.8, 4) is 11.3 Å². The van der Waals surface area contributed by atoms with Gasteiger partial charge in [0.15, 0.2) is 10.8 Å². The first-order valence-corrected chi connectivity index (χ1v) is 7.97. The van der Waals surface area contributed by atoms with E-state index in [1.807, 2.05) is 17.5 Å². The third-order valence-electron chi connectivity index (χ3n) is 3.09. The van der Waals surface area contributed by atoms with Crippen LogP contribution in [-0.2, 0) is 4.79 Å². The molecule has 2 heterocycles. The van der Waals surface area contributed by atoms with E-state index in [0.29, 0.717) is 10.9 Å². The molecule has 8 heteroatoms. The Labute approximate surface area is 141 Å². The van der Waals surface area contributed by atoms with Crippen molar-refractivity contribution >= 4 is 34.0 Å². The van der Waals surface area contributed by atoms with Crippen LogP contribution in [0.3, 0.4) is 0 Å². The van der Waals surface area contributed by atoms with E-state index in [1.54, 1.807) is 25.1 Å². The average Bonchev–Trinajstić information content (AvgIpc) is 3.17. The summed E-state index contributed by atoms with van der Waals surface area (Å²) in [6, 6.07) is 8.86. The van der Waals surface area contributed by atoms with E-state index in [0.717, 1.165) is 16.9 Å². The predicted molar refractivity (Wildman–Crippen MR) is 91.0 cm³/mol. The molecule has 0 saturated carbocycles. The fourth-order valence-electron chi connectivity index (χ4n) is 2.03. The van der Waals surface area contributed by atoms with E-state index >= 15 is 0 Å². The monoisotopic (exact) mass is 342 g/mol. The lowest BCUT2D eigenvalue weighted by molar-refractivity contribution is -0.114. The van der Waals surface area contributed by atoms with Gasteiger partial charge >= 0.3 is 0 Å². The Balaban J connectivity index is 1.71. The van der Waals surface area contributed by atoms with Gasteiger partial charge in [0.05, 0.1) is 5.69 Å². The van der Waals surface area contributed by atoms with E-state index in [2.05, 4.69) is 20.8 Å². The highest BCUT2D eigenvalue weighted by molar-refractivity contribution is 7.14. The number of benzene rings is 1. The Bertz CT molecular complexity index is 883. The summed E-state index contributed by atoms with van der Waals surface area (Å²) in [7, 11) is 0. The average molecular weight is 342 g/mol. The molecule has 2 aromatic heterocycles. The summed E-state index contributed by atoms with van der Waals surface area (Å²) in [5.74, 6) is 0.0810. The quantitative estimate of drug-likeness (QED) is 0.758. The van der Waals surface area contributed by atoms with Gasteiger partial charge in [-0.05, 0) is 19.1 Å². The number of aryl methyl sites for hydroxylation is 1. The van der Waals surface area contributed by atoms with Gasteiger partial charge in [0, 0.05) is 29.6 Å². The molecule has 0 aliphatic rings. The number of amides is 2. The van der Waals surface area contributed by atoms with Crippen LogP contribution in [0.15, 0.2) is 40.2 Å². The SMILES string of the molecule is CC(=O)Nc1ccc(-c2csc(NC(=O)c3cc(C)on3)n2)cc1. The molecule has 7 nitrogen and oxygen atoms in total. The zero-order chi connectivity index (χ0) is 17.1. The third kappa shape index (κ3) is 3.66. The largest absolute Gasteiger partial charge is 0.361 e. The maximum absolute atomic E-state index is 12.0. The molecule has 0 bridgehead atoms. The van der Waals surface area contributed by atoms with Crippen LogP contribution in [0.25, 0.3) is 11.3 Å². The van der Waals surface area contributed by atoms with Gasteiger partial charge in [0.2, 0.25) is 5.91 Å². The molecule has 122 valence electrons. The van der Waals surface area contributed by atoms with Crippen LogP contribution in [-0.4, -0.2) is 22.0 Å². The minimum Gasteiger partial charge on any atom is -0.361 e. The number of hydrogen-bond acceptors (Lipinski definition) is 6. The summed E-state index contributed by atoms with van der Waals surface area (Å²) in [5.41, 5.74) is 2.56. The molecule has 0 saturated heterocycles. The minimum absolute atomic E-state index is 0.121. The van der Waals surface area contributed by atoms with Crippen molar-refractivity contribution < 1.29 is 14.1 Å². The fourth-order valence-corrected chi connectivity index (χ4v) is 2.74. The number of nitrogens with zero attached hydrogens (tertiary/aromatic N) is 2. The second kappa shape index (κ2) is 6.63. The van der Waals surface area contributed by atoms with Crippen molar-refractivity contribution in [1.29, 1.82) is 0 Å². The van der Waals surface area contributed by atoms with Crippen molar-refractivity contribution in [1.82, 2.24) is 10.1 Å². The maximum atomic E-state index is 12.0. The second-order valence-corrected chi connectivity index (χ2v) is 5.93. The van der Waals surface area contributed by atoms with E-state index in [-0.39, 0.29) is 17.5 Å². The molecule has 2 N–H and O–H groups in total. The summed E-state index contributed by atoms with van der Waals surface area (Å²) in [6.07, 6.45) is 0. The highest BCUT2D eigenvalue weighted by Crippen LogP contribution is 2.26. The molecule has 2 amide bonds. The van der Waals surface area contributed by atoms with Gasteiger partial charge in [-0.2, -0.15) is 0 Å². The van der Waals surface area contributed by atoms with E-state index in [4.69, 9.17) is 4.52 Å². The summed E-state index contributed by atoms with van der Waals surface area (Å²) in [4.78, 5) is 27.4. The summed E-state index contributed by atoms with van der Waals surface area (Å²) < 4.78 is 4.88. The molecule has 0 spiro atoms. The fraction of sp³-hybridized carbons (Fsp3) is 0.125. The number of anilines is 2. The van der Waals surface area contributed by atoms with Gasteiger partial charge in [-0.3, -0.25) is 14.9 Å². The van der Waals surface area contributed by atoms with Crippen LogP contribution in [0.1, 0.15) is 23.2 Å². The van der Waals surface area contributed by atoms with Crippen LogP contribution in [0.4, 0.5) is 10.8 Å². The number of rotatable bonds is 4. The van der Waals surface area contributed by atoms with Gasteiger partial charge < -0.3 is 9.84 Å². The van der Waals surface area contributed by atoms with Crippen molar-refractivity contribution in [3.63, 3.8) is 0 Å². The van der Waals surface area contributed by atoms with E-state index in [1.165, 1.54) is 18.3 Å². The summed E-state index contributed by atoms with van der Waals surface area (Å²) in [5, 5.41) is 11.4. The topological polar surface area (TPSA) is 97.1 Å². The van der Waals surface area contributed by atoms with Crippen LogP contribution in [0.2, 0.25) is 0 Å². The maximum Gasteiger partial charge on any atom is 0.279 e. The lowest BCUT2D eigenvalue weighted by Gasteiger charge is -2.02. The molecule has 3 rings (SSSR count). The lowest BCUT2D eigenvalue weighted by Crippen LogP contribution is -2.11. The smallest absolute Gasteiger partial charge is 0.279 e. The summed E-state index contributed by atoms with van der Waals surface area (Å²) in [6.45, 7) is 3.18. The molecule has 24 heavy (non-hydrogen) atoms. The van der Waals surface area contributed by atoms with Crippen molar-refractivity contribution in [3.05, 3.63) is 47.2 Å². The molecule has 3 aromatic rings. The number of carbonyl (C=O) groups is 2. The van der Waals surface area contributed by atoms with Crippen LogP contribution >= 0.6 is 11.3 Å². The minimum atomic E-state index is -0.367. The number of nitrogens with one attached hydrogen (secondary N) is 2. The number of thiazole rings is 1. The Morgan fingerprint density at radius 2 is 1.92 bits per heavy atom. The van der Waals surface area contributed by atoms with Gasteiger partial charge in [-0.15, -0.1) is 11.3 Å². The Hall–Kier alpha value is -3.00. The number of carbonyl (C=O) groups excluding carboxylic acids is 2. The molecule has 0 fully saturated rings. The van der Waals surface area contributed by atoms with Gasteiger partial charge in [0.25, 0.3) is 5.91 Å². The molecular formula is C16H14N4O3S. The van der Waals surface area contributed by atoms with Gasteiger partial charge in [-0.25, -0.2) is 4.98 Å². The van der Waals surface area contributed by atoms with Crippen LogP contribution < -0.4 is 10.6 Å². The zero-order valence-corrected chi connectivity index (χ0v) is 13.8. The first-order valence-electron chi connectivity index (χ1n) is 7.09. The highest BCUT2D eigenvalue weighted by Gasteiger charge is 2.13.